The molecule has 1 aliphatic heterocycles. The summed E-state index contributed by atoms with van der Waals surface area (Å²) in [4.78, 5) is 0. The maximum atomic E-state index is 12.7. The molecular weight excluding hydrogens is 291 g/mol. The van der Waals surface area contributed by atoms with E-state index < -0.39 is 13.4 Å². The Morgan fingerprint density at radius 1 is 1.24 bits per heavy atom. The fraction of sp³-hybridized carbons (Fsp3) is 0.600. The van der Waals surface area contributed by atoms with Crippen molar-refractivity contribution in [3.8, 4) is 0 Å². The molecule has 1 fully saturated rings. The van der Waals surface area contributed by atoms with Gasteiger partial charge >= 0.3 is 0 Å². The van der Waals surface area contributed by atoms with Gasteiger partial charge in [0.1, 0.15) is 0 Å². The molecule has 1 saturated heterocycles. The van der Waals surface area contributed by atoms with E-state index >= 15 is 0 Å². The quantitative estimate of drug-likeness (QED) is 0.690. The first kappa shape index (κ1) is 16.7. The molecule has 6 heteroatoms. The van der Waals surface area contributed by atoms with E-state index in [1.54, 1.807) is 0 Å². The molecule has 21 heavy (non-hydrogen) atoms. The second-order valence-electron chi connectivity index (χ2n) is 4.85. The maximum absolute atomic E-state index is 12.7. The van der Waals surface area contributed by atoms with Crippen molar-refractivity contribution < 1.29 is 23.3 Å². The summed E-state index contributed by atoms with van der Waals surface area (Å²) >= 11 is 0. The van der Waals surface area contributed by atoms with Gasteiger partial charge in [0.05, 0.1) is 32.1 Å². The molecule has 0 aromatic heterocycles. The Hall–Kier alpha value is -0.710. The minimum Gasteiger partial charge on any atom is -0.374 e. The van der Waals surface area contributed by atoms with Gasteiger partial charge in [0.25, 0.3) is 7.37 Å². The summed E-state index contributed by atoms with van der Waals surface area (Å²) in [5.74, 6) is 0. The van der Waals surface area contributed by atoms with Crippen LogP contribution in [0.5, 0.6) is 0 Å². The minimum atomic E-state index is -2.89. The first-order valence-corrected chi connectivity index (χ1v) is 9.18. The summed E-state index contributed by atoms with van der Waals surface area (Å²) in [6.45, 7) is 5.40. The molecule has 2 rings (SSSR count). The summed E-state index contributed by atoms with van der Waals surface area (Å²) in [6, 6.07) is 9.16. The molecule has 3 unspecified atom stereocenters. The fourth-order valence-electron chi connectivity index (χ4n) is 2.27. The van der Waals surface area contributed by atoms with Gasteiger partial charge in [0, 0.05) is 6.61 Å². The third-order valence-electron chi connectivity index (χ3n) is 3.16. The summed E-state index contributed by atoms with van der Waals surface area (Å²) in [7, 11) is -2.89. The Morgan fingerprint density at radius 2 is 2.00 bits per heavy atom. The predicted octanol–water partition coefficient (Wildman–Crippen LogP) is 3.24. The van der Waals surface area contributed by atoms with E-state index in [9.17, 15) is 4.57 Å². The molecule has 1 aliphatic rings. The predicted molar refractivity (Wildman–Crippen MR) is 80.5 cm³/mol. The van der Waals surface area contributed by atoms with E-state index in [-0.39, 0.29) is 6.10 Å². The van der Waals surface area contributed by atoms with Crippen molar-refractivity contribution in [2.45, 2.75) is 32.6 Å². The van der Waals surface area contributed by atoms with Gasteiger partial charge in [-0.25, -0.2) is 0 Å². The minimum absolute atomic E-state index is 0.248. The van der Waals surface area contributed by atoms with Gasteiger partial charge in [0.15, 0.2) is 0 Å². The van der Waals surface area contributed by atoms with Crippen LogP contribution in [0.3, 0.4) is 0 Å². The van der Waals surface area contributed by atoms with Crippen LogP contribution >= 0.6 is 7.37 Å². The smallest absolute Gasteiger partial charge is 0.260 e. The van der Waals surface area contributed by atoms with Gasteiger partial charge in [-0.05, 0) is 19.4 Å². The van der Waals surface area contributed by atoms with Crippen molar-refractivity contribution in [3.63, 3.8) is 0 Å². The van der Waals surface area contributed by atoms with E-state index in [0.29, 0.717) is 32.6 Å². The molecule has 0 radical (unpaired) electrons. The molecule has 5 nitrogen and oxygen atoms in total. The lowest BCUT2D eigenvalue weighted by Crippen LogP contribution is -2.20. The number of rotatable bonds is 8. The number of ether oxygens (including phenoxy) is 3. The molecule has 3 atom stereocenters. The van der Waals surface area contributed by atoms with Crippen molar-refractivity contribution in [2.24, 2.45) is 0 Å². The molecule has 0 aliphatic carbocycles. The molecular formula is C15H23O5P. The van der Waals surface area contributed by atoms with Crippen LogP contribution in [0.25, 0.3) is 0 Å². The molecule has 118 valence electrons. The van der Waals surface area contributed by atoms with E-state index in [2.05, 4.69) is 0 Å². The van der Waals surface area contributed by atoms with Gasteiger partial charge in [-0.1, -0.05) is 30.3 Å². The van der Waals surface area contributed by atoms with Crippen LogP contribution in [0.1, 0.15) is 19.4 Å². The highest BCUT2D eigenvalue weighted by Gasteiger charge is 2.46. The normalized spacial score (nSPS) is 28.9. The molecule has 0 spiro atoms. The molecule has 0 amide bonds. The zero-order chi connectivity index (χ0) is 15.1. The molecule has 1 aromatic carbocycles. The second-order valence-corrected chi connectivity index (χ2v) is 7.34. The monoisotopic (exact) mass is 314 g/mol. The molecule has 0 saturated carbocycles. The number of hydrogen-bond donors (Lipinski definition) is 0. The highest BCUT2D eigenvalue weighted by atomic mass is 31.2. The SMILES string of the molecule is CCOC1OC(COCc2ccccc2)CP1(=O)OCC. The zero-order valence-corrected chi connectivity index (χ0v) is 13.5. The van der Waals surface area contributed by atoms with E-state index in [1.807, 2.05) is 44.2 Å². The maximum Gasteiger partial charge on any atom is 0.260 e. The van der Waals surface area contributed by atoms with Crippen LogP contribution in [0.2, 0.25) is 0 Å². The Balaban J connectivity index is 1.83. The highest BCUT2D eigenvalue weighted by molar-refractivity contribution is 7.59. The van der Waals surface area contributed by atoms with E-state index in [4.69, 9.17) is 18.7 Å². The topological polar surface area (TPSA) is 54.0 Å². The van der Waals surface area contributed by atoms with Crippen molar-refractivity contribution in [2.75, 3.05) is 26.0 Å². The first-order chi connectivity index (χ1) is 10.2. The third kappa shape index (κ3) is 4.63. The van der Waals surface area contributed by atoms with Gasteiger partial charge < -0.3 is 18.7 Å². The lowest BCUT2D eigenvalue weighted by molar-refractivity contribution is -0.119. The van der Waals surface area contributed by atoms with Gasteiger partial charge in [-0.2, -0.15) is 0 Å². The van der Waals surface area contributed by atoms with Gasteiger partial charge in [0.2, 0.25) is 6.03 Å². The van der Waals surface area contributed by atoms with Crippen LogP contribution in [-0.4, -0.2) is 38.1 Å². The average Bonchev–Trinajstić information content (AvgIpc) is 2.77. The third-order valence-corrected chi connectivity index (χ3v) is 5.69. The number of benzene rings is 1. The second kappa shape index (κ2) is 8.06. The Kier molecular flexibility index (Phi) is 6.40. The van der Waals surface area contributed by atoms with Crippen molar-refractivity contribution in [1.82, 2.24) is 0 Å². The van der Waals surface area contributed by atoms with Crippen molar-refractivity contribution in [1.29, 1.82) is 0 Å². The fourth-order valence-corrected chi connectivity index (χ4v) is 4.60. The van der Waals surface area contributed by atoms with Crippen molar-refractivity contribution in [3.05, 3.63) is 35.9 Å². The van der Waals surface area contributed by atoms with Crippen LogP contribution < -0.4 is 0 Å². The van der Waals surface area contributed by atoms with Crippen LogP contribution in [0.15, 0.2) is 30.3 Å². The summed E-state index contributed by atoms with van der Waals surface area (Å²) in [6.07, 6.45) is 0.1000. The largest absolute Gasteiger partial charge is 0.374 e. The average molecular weight is 314 g/mol. The van der Waals surface area contributed by atoms with E-state index in [0.717, 1.165) is 5.56 Å². The van der Waals surface area contributed by atoms with Crippen LogP contribution in [0.4, 0.5) is 0 Å². The van der Waals surface area contributed by atoms with Gasteiger partial charge in [-0.3, -0.25) is 4.57 Å². The summed E-state index contributed by atoms with van der Waals surface area (Å²) in [5.41, 5.74) is 1.10. The molecule has 0 bridgehead atoms. The summed E-state index contributed by atoms with van der Waals surface area (Å²) in [5, 5.41) is 0. The van der Waals surface area contributed by atoms with Crippen LogP contribution in [-0.2, 0) is 29.9 Å². The first-order valence-electron chi connectivity index (χ1n) is 7.30. The molecule has 0 N–H and O–H groups in total. The lowest BCUT2D eigenvalue weighted by Gasteiger charge is -2.17. The lowest BCUT2D eigenvalue weighted by atomic mass is 10.2. The zero-order valence-electron chi connectivity index (χ0n) is 12.6. The van der Waals surface area contributed by atoms with Gasteiger partial charge in [-0.15, -0.1) is 0 Å². The van der Waals surface area contributed by atoms with Crippen LogP contribution in [0, 0.1) is 0 Å². The standard InChI is InChI=1S/C15H23O5P/c1-3-18-15-20-14(12-21(15,16)19-4-2)11-17-10-13-8-6-5-7-9-13/h5-9,14-15H,3-4,10-12H2,1-2H3. The molecule has 1 heterocycles. The Morgan fingerprint density at radius 3 is 2.67 bits per heavy atom. The Bertz CT molecular complexity index is 464. The molecule has 1 aromatic rings. The number of hydrogen-bond acceptors (Lipinski definition) is 5. The van der Waals surface area contributed by atoms with E-state index in [1.165, 1.54) is 0 Å². The summed E-state index contributed by atoms with van der Waals surface area (Å²) < 4.78 is 34.8. The Labute approximate surface area is 126 Å². The van der Waals surface area contributed by atoms with Crippen molar-refractivity contribution >= 4 is 7.37 Å². The highest BCUT2D eigenvalue weighted by Crippen LogP contribution is 2.58.